The van der Waals surface area contributed by atoms with Gasteiger partial charge in [0.15, 0.2) is 11.5 Å². The zero-order chi connectivity index (χ0) is 19.6. The molecule has 0 spiro atoms. The minimum absolute atomic E-state index is 0.0346. The average molecular weight is 373 g/mol. The van der Waals surface area contributed by atoms with Crippen LogP contribution >= 0.6 is 0 Å². The van der Waals surface area contributed by atoms with Gasteiger partial charge in [0.1, 0.15) is 5.82 Å². The molecule has 2 aromatic rings. The molecule has 1 aromatic carbocycles. The van der Waals surface area contributed by atoms with Crippen molar-refractivity contribution in [1.82, 2.24) is 14.9 Å². The van der Waals surface area contributed by atoms with Crippen molar-refractivity contribution >= 4 is 0 Å². The van der Waals surface area contributed by atoms with Gasteiger partial charge in [0, 0.05) is 37.5 Å². The number of fused-ring (bicyclic) bond motifs is 1. The first-order valence-corrected chi connectivity index (χ1v) is 9.10. The van der Waals surface area contributed by atoms with E-state index in [2.05, 4.69) is 14.9 Å². The van der Waals surface area contributed by atoms with Crippen molar-refractivity contribution in [2.45, 2.75) is 39.3 Å². The summed E-state index contributed by atoms with van der Waals surface area (Å²) in [6, 6.07) is 3.85. The number of methoxy groups -OCH3 is 3. The van der Waals surface area contributed by atoms with Crippen molar-refractivity contribution in [3.05, 3.63) is 45.1 Å². The third-order valence-electron chi connectivity index (χ3n) is 4.89. The van der Waals surface area contributed by atoms with Gasteiger partial charge in [-0.1, -0.05) is 19.9 Å². The van der Waals surface area contributed by atoms with Gasteiger partial charge in [-0.3, -0.25) is 9.69 Å². The van der Waals surface area contributed by atoms with Crippen LogP contribution in [0.2, 0.25) is 0 Å². The van der Waals surface area contributed by atoms with Crippen LogP contribution in [0.4, 0.5) is 0 Å². The predicted molar refractivity (Wildman–Crippen MR) is 103 cm³/mol. The lowest BCUT2D eigenvalue weighted by Crippen LogP contribution is -2.36. The van der Waals surface area contributed by atoms with Crippen LogP contribution in [0.3, 0.4) is 0 Å². The highest BCUT2D eigenvalue weighted by atomic mass is 16.5. The van der Waals surface area contributed by atoms with Gasteiger partial charge in [-0.2, -0.15) is 0 Å². The fourth-order valence-electron chi connectivity index (χ4n) is 3.44. The second kappa shape index (κ2) is 8.00. The quantitative estimate of drug-likeness (QED) is 0.838. The average Bonchev–Trinajstić information content (AvgIpc) is 2.67. The summed E-state index contributed by atoms with van der Waals surface area (Å²) in [5.41, 5.74) is 2.62. The first-order chi connectivity index (χ1) is 13.0. The van der Waals surface area contributed by atoms with Crippen molar-refractivity contribution in [2.75, 3.05) is 27.9 Å². The lowest BCUT2D eigenvalue weighted by atomic mass is 10.0. The highest BCUT2D eigenvalue weighted by Gasteiger charge is 2.24. The van der Waals surface area contributed by atoms with E-state index in [9.17, 15) is 4.79 Å². The van der Waals surface area contributed by atoms with Crippen molar-refractivity contribution in [3.63, 3.8) is 0 Å². The van der Waals surface area contributed by atoms with E-state index in [1.54, 1.807) is 21.3 Å². The van der Waals surface area contributed by atoms with Crippen molar-refractivity contribution in [1.29, 1.82) is 0 Å². The number of nitrogens with one attached hydrogen (secondary N) is 1. The molecular formula is C20H27N3O4. The molecule has 0 fully saturated rings. The van der Waals surface area contributed by atoms with Gasteiger partial charge in [-0.25, -0.2) is 4.98 Å². The van der Waals surface area contributed by atoms with E-state index in [4.69, 9.17) is 14.2 Å². The summed E-state index contributed by atoms with van der Waals surface area (Å²) < 4.78 is 16.4. The summed E-state index contributed by atoms with van der Waals surface area (Å²) in [7, 11) is 4.82. The number of aromatic nitrogens is 2. The molecule has 1 aromatic heterocycles. The normalized spacial score (nSPS) is 14.1. The largest absolute Gasteiger partial charge is 0.493 e. The van der Waals surface area contributed by atoms with E-state index >= 15 is 0 Å². The summed E-state index contributed by atoms with van der Waals surface area (Å²) in [4.78, 5) is 22.3. The monoisotopic (exact) mass is 373 g/mol. The Labute approximate surface area is 159 Å². The molecule has 146 valence electrons. The number of aromatic amines is 1. The molecule has 7 nitrogen and oxygen atoms in total. The van der Waals surface area contributed by atoms with E-state index in [-0.39, 0.29) is 11.5 Å². The third-order valence-corrected chi connectivity index (χ3v) is 4.89. The maximum Gasteiger partial charge on any atom is 0.255 e. The molecule has 0 saturated heterocycles. The molecule has 0 bridgehead atoms. The Morgan fingerprint density at radius 3 is 2.52 bits per heavy atom. The fraction of sp³-hybridized carbons (Fsp3) is 0.500. The number of benzene rings is 1. The summed E-state index contributed by atoms with van der Waals surface area (Å²) >= 11 is 0. The van der Waals surface area contributed by atoms with Crippen LogP contribution in [0.5, 0.6) is 17.2 Å². The molecule has 1 N–H and O–H groups in total. The molecule has 0 aliphatic carbocycles. The Bertz CT molecular complexity index is 876. The smallest absolute Gasteiger partial charge is 0.255 e. The van der Waals surface area contributed by atoms with Gasteiger partial charge < -0.3 is 19.2 Å². The number of hydrogen-bond acceptors (Lipinski definition) is 6. The Morgan fingerprint density at radius 1 is 1.15 bits per heavy atom. The molecule has 0 saturated carbocycles. The first kappa shape index (κ1) is 19.2. The van der Waals surface area contributed by atoms with E-state index in [0.717, 1.165) is 35.6 Å². The maximum absolute atomic E-state index is 12.5. The van der Waals surface area contributed by atoms with Gasteiger partial charge in [-0.15, -0.1) is 0 Å². The fourth-order valence-corrected chi connectivity index (χ4v) is 3.44. The highest BCUT2D eigenvalue weighted by molar-refractivity contribution is 5.55. The van der Waals surface area contributed by atoms with Crippen LogP contribution in [0.15, 0.2) is 16.9 Å². The molecule has 2 heterocycles. The highest BCUT2D eigenvalue weighted by Crippen LogP contribution is 2.40. The summed E-state index contributed by atoms with van der Waals surface area (Å²) in [6.07, 6.45) is 0.759. The molecule has 7 heteroatoms. The second-order valence-electron chi connectivity index (χ2n) is 6.99. The lowest BCUT2D eigenvalue weighted by molar-refractivity contribution is 0.235. The van der Waals surface area contributed by atoms with Gasteiger partial charge in [0.25, 0.3) is 5.56 Å². The molecule has 0 radical (unpaired) electrons. The predicted octanol–water partition coefficient (Wildman–Crippen LogP) is 2.48. The molecule has 1 aliphatic heterocycles. The van der Waals surface area contributed by atoms with Crippen LogP contribution in [-0.4, -0.2) is 42.7 Å². The van der Waals surface area contributed by atoms with Gasteiger partial charge in [0.05, 0.1) is 32.6 Å². The van der Waals surface area contributed by atoms with Crippen LogP contribution < -0.4 is 19.8 Å². The Hall–Kier alpha value is -2.54. The Balaban J connectivity index is 1.86. The molecule has 1 aliphatic rings. The number of hydrogen-bond donors (Lipinski definition) is 1. The number of rotatable bonds is 6. The third kappa shape index (κ3) is 3.78. The van der Waals surface area contributed by atoms with Gasteiger partial charge >= 0.3 is 0 Å². The number of ether oxygens (including phenoxy) is 3. The SMILES string of the molecule is COc1ccc(CN2CCc3nc(C(C)C)[nH]c(=O)c3C2)c(OC)c1OC. The zero-order valence-electron chi connectivity index (χ0n) is 16.6. The summed E-state index contributed by atoms with van der Waals surface area (Å²) in [6.45, 7) is 6.10. The van der Waals surface area contributed by atoms with Crippen molar-refractivity contribution in [2.24, 2.45) is 0 Å². The van der Waals surface area contributed by atoms with E-state index < -0.39 is 0 Å². The Kier molecular flexibility index (Phi) is 5.70. The minimum Gasteiger partial charge on any atom is -0.493 e. The Morgan fingerprint density at radius 2 is 1.89 bits per heavy atom. The van der Waals surface area contributed by atoms with Gasteiger partial charge in [-0.05, 0) is 6.07 Å². The standard InChI is InChI=1S/C20H27N3O4/c1-12(2)19-21-15-8-9-23(11-14(15)20(24)22-19)10-13-6-7-16(25-3)18(27-5)17(13)26-4/h6-7,12H,8-11H2,1-5H3,(H,21,22,24). The molecule has 0 unspecified atom stereocenters. The van der Waals surface area contributed by atoms with Crippen LogP contribution in [-0.2, 0) is 19.5 Å². The van der Waals surface area contributed by atoms with E-state index in [1.807, 2.05) is 26.0 Å². The molecular weight excluding hydrogens is 346 g/mol. The zero-order valence-corrected chi connectivity index (χ0v) is 16.6. The van der Waals surface area contributed by atoms with Crippen LogP contribution in [0.1, 0.15) is 42.4 Å². The number of H-pyrrole nitrogens is 1. The van der Waals surface area contributed by atoms with Crippen LogP contribution in [0.25, 0.3) is 0 Å². The molecule has 0 atom stereocenters. The van der Waals surface area contributed by atoms with Crippen LogP contribution in [0, 0.1) is 0 Å². The van der Waals surface area contributed by atoms with E-state index in [0.29, 0.717) is 30.3 Å². The molecule has 27 heavy (non-hydrogen) atoms. The minimum atomic E-state index is -0.0346. The maximum atomic E-state index is 12.5. The van der Waals surface area contributed by atoms with Gasteiger partial charge in [0.2, 0.25) is 5.75 Å². The lowest BCUT2D eigenvalue weighted by Gasteiger charge is -2.28. The molecule has 0 amide bonds. The van der Waals surface area contributed by atoms with Crippen molar-refractivity contribution < 1.29 is 14.2 Å². The van der Waals surface area contributed by atoms with Crippen molar-refractivity contribution in [3.8, 4) is 17.2 Å². The second-order valence-corrected chi connectivity index (χ2v) is 6.99. The summed E-state index contributed by atoms with van der Waals surface area (Å²) in [5.74, 6) is 2.83. The summed E-state index contributed by atoms with van der Waals surface area (Å²) in [5, 5.41) is 0. The molecule has 3 rings (SSSR count). The first-order valence-electron chi connectivity index (χ1n) is 9.10. The van der Waals surface area contributed by atoms with E-state index in [1.165, 1.54) is 0 Å². The number of nitrogens with zero attached hydrogens (tertiary/aromatic N) is 2. The topological polar surface area (TPSA) is 76.7 Å².